The van der Waals surface area contributed by atoms with Gasteiger partial charge in [-0.15, -0.1) is 0 Å². The lowest BCUT2D eigenvalue weighted by molar-refractivity contribution is -0.137. The highest BCUT2D eigenvalue weighted by atomic mass is 16.5. The predicted molar refractivity (Wildman–Crippen MR) is 128 cm³/mol. The van der Waals surface area contributed by atoms with E-state index in [0.717, 1.165) is 47.9 Å². The van der Waals surface area contributed by atoms with Gasteiger partial charge in [-0.05, 0) is 46.9 Å². The van der Waals surface area contributed by atoms with Crippen molar-refractivity contribution >= 4 is 18.0 Å². The lowest BCUT2D eigenvalue weighted by Gasteiger charge is -2.26. The van der Waals surface area contributed by atoms with Gasteiger partial charge in [-0.25, -0.2) is 4.79 Å². The van der Waals surface area contributed by atoms with Gasteiger partial charge in [0.2, 0.25) is 5.91 Å². The first-order chi connectivity index (χ1) is 16.4. The van der Waals surface area contributed by atoms with Crippen LogP contribution in [0.25, 0.3) is 11.1 Å². The standard InChI is InChI=1S/C27H32N2O5/c1-27(14-6-7-15-27)17-28-25(32)23(12-13-24(30)31)29-26(33)34-16-22-20-10-4-2-8-18(20)19-9-3-5-11-21(19)22/h2-5,8-11,22-23H,6-7,12-17H2,1H3,(H,28,32)(H,29,33)(H,30,31). The van der Waals surface area contributed by atoms with E-state index in [1.54, 1.807) is 0 Å². The van der Waals surface area contributed by atoms with Crippen LogP contribution in [-0.2, 0) is 14.3 Å². The molecule has 7 nitrogen and oxygen atoms in total. The van der Waals surface area contributed by atoms with E-state index >= 15 is 0 Å². The largest absolute Gasteiger partial charge is 0.481 e. The number of carbonyl (C=O) groups excluding carboxylic acids is 2. The Labute approximate surface area is 199 Å². The van der Waals surface area contributed by atoms with Crippen LogP contribution in [0.2, 0.25) is 0 Å². The quantitative estimate of drug-likeness (QED) is 0.508. The molecule has 2 aromatic rings. The first-order valence-corrected chi connectivity index (χ1v) is 12.0. The van der Waals surface area contributed by atoms with Crippen LogP contribution in [0.1, 0.15) is 62.5 Å². The minimum absolute atomic E-state index is 0.00206. The second kappa shape index (κ2) is 10.3. The average Bonchev–Trinajstić information content (AvgIpc) is 3.40. The minimum Gasteiger partial charge on any atom is -0.481 e. The van der Waals surface area contributed by atoms with E-state index in [-0.39, 0.29) is 36.7 Å². The summed E-state index contributed by atoms with van der Waals surface area (Å²) in [7, 11) is 0. The summed E-state index contributed by atoms with van der Waals surface area (Å²) in [5.74, 6) is -1.48. The number of nitrogens with one attached hydrogen (secondary N) is 2. The Morgan fingerprint density at radius 1 is 1.03 bits per heavy atom. The lowest BCUT2D eigenvalue weighted by atomic mass is 9.89. The van der Waals surface area contributed by atoms with Gasteiger partial charge in [-0.3, -0.25) is 9.59 Å². The van der Waals surface area contributed by atoms with Gasteiger partial charge in [0, 0.05) is 18.9 Å². The summed E-state index contributed by atoms with van der Waals surface area (Å²) in [6.45, 7) is 2.79. The average molecular weight is 465 g/mol. The van der Waals surface area contributed by atoms with Crippen LogP contribution < -0.4 is 10.6 Å². The van der Waals surface area contributed by atoms with E-state index in [0.29, 0.717) is 6.54 Å². The maximum absolute atomic E-state index is 12.8. The van der Waals surface area contributed by atoms with Gasteiger partial charge < -0.3 is 20.5 Å². The van der Waals surface area contributed by atoms with Crippen molar-refractivity contribution in [1.82, 2.24) is 10.6 Å². The maximum atomic E-state index is 12.8. The predicted octanol–water partition coefficient (Wildman–Crippen LogP) is 4.46. The van der Waals surface area contributed by atoms with Gasteiger partial charge in [0.15, 0.2) is 0 Å². The van der Waals surface area contributed by atoms with E-state index in [9.17, 15) is 14.4 Å². The number of aliphatic carboxylic acids is 1. The third kappa shape index (κ3) is 5.41. The van der Waals surface area contributed by atoms with Crippen LogP contribution >= 0.6 is 0 Å². The number of rotatable bonds is 9. The highest BCUT2D eigenvalue weighted by molar-refractivity contribution is 5.86. The molecule has 0 aliphatic heterocycles. The Morgan fingerprint density at radius 2 is 1.62 bits per heavy atom. The smallest absolute Gasteiger partial charge is 0.407 e. The van der Waals surface area contributed by atoms with Crippen molar-refractivity contribution in [3.8, 4) is 11.1 Å². The zero-order valence-corrected chi connectivity index (χ0v) is 19.5. The molecule has 1 fully saturated rings. The SMILES string of the molecule is CC1(CNC(=O)C(CCC(=O)O)NC(=O)OCC2c3ccccc3-c3ccccc32)CCCC1. The summed E-state index contributed by atoms with van der Waals surface area (Å²) >= 11 is 0. The number of alkyl carbamates (subject to hydrolysis) is 1. The van der Waals surface area contributed by atoms with Crippen LogP contribution in [0.3, 0.4) is 0 Å². The zero-order chi connectivity index (χ0) is 24.1. The molecule has 0 spiro atoms. The highest BCUT2D eigenvalue weighted by Gasteiger charge is 2.32. The van der Waals surface area contributed by atoms with Crippen LogP contribution in [0.15, 0.2) is 48.5 Å². The molecule has 2 aliphatic carbocycles. The van der Waals surface area contributed by atoms with Crippen LogP contribution in [-0.4, -0.2) is 42.3 Å². The fraction of sp³-hybridized carbons (Fsp3) is 0.444. The molecule has 4 rings (SSSR count). The molecule has 34 heavy (non-hydrogen) atoms. The molecule has 0 radical (unpaired) electrons. The number of benzene rings is 2. The molecular formula is C27H32N2O5. The number of fused-ring (bicyclic) bond motifs is 3. The minimum atomic E-state index is -1.02. The lowest BCUT2D eigenvalue weighted by Crippen LogP contribution is -2.49. The molecule has 2 aliphatic rings. The number of hydrogen-bond acceptors (Lipinski definition) is 4. The number of hydrogen-bond donors (Lipinski definition) is 3. The Bertz CT molecular complexity index is 1010. The second-order valence-electron chi connectivity index (χ2n) is 9.69. The summed E-state index contributed by atoms with van der Waals surface area (Å²) in [4.78, 5) is 36.5. The van der Waals surface area contributed by atoms with Gasteiger partial charge in [-0.1, -0.05) is 68.3 Å². The van der Waals surface area contributed by atoms with Gasteiger partial charge in [-0.2, -0.15) is 0 Å². The van der Waals surface area contributed by atoms with E-state index in [1.165, 1.54) is 0 Å². The van der Waals surface area contributed by atoms with Gasteiger partial charge >= 0.3 is 12.1 Å². The fourth-order valence-corrected chi connectivity index (χ4v) is 5.15. The van der Waals surface area contributed by atoms with E-state index < -0.39 is 18.1 Å². The maximum Gasteiger partial charge on any atom is 0.407 e. The number of ether oxygens (including phenoxy) is 1. The molecular weight excluding hydrogens is 432 g/mol. The van der Waals surface area contributed by atoms with E-state index in [4.69, 9.17) is 9.84 Å². The molecule has 180 valence electrons. The Balaban J connectivity index is 1.38. The molecule has 1 atom stereocenters. The van der Waals surface area contributed by atoms with Crippen molar-refractivity contribution in [3.63, 3.8) is 0 Å². The Kier molecular flexibility index (Phi) is 7.20. The third-order valence-electron chi connectivity index (χ3n) is 7.10. The first kappa shape index (κ1) is 23.8. The monoisotopic (exact) mass is 464 g/mol. The summed E-state index contributed by atoms with van der Waals surface area (Å²) in [5.41, 5.74) is 4.51. The second-order valence-corrected chi connectivity index (χ2v) is 9.69. The topological polar surface area (TPSA) is 105 Å². The summed E-state index contributed by atoms with van der Waals surface area (Å²) in [6.07, 6.45) is 3.44. The first-order valence-electron chi connectivity index (χ1n) is 12.0. The molecule has 0 saturated heterocycles. The van der Waals surface area contributed by atoms with Crippen molar-refractivity contribution in [2.24, 2.45) is 5.41 Å². The van der Waals surface area contributed by atoms with Crippen LogP contribution in [0.4, 0.5) is 4.79 Å². The molecule has 1 unspecified atom stereocenters. The molecule has 0 heterocycles. The van der Waals surface area contributed by atoms with E-state index in [2.05, 4.69) is 29.7 Å². The van der Waals surface area contributed by atoms with Crippen LogP contribution in [0.5, 0.6) is 0 Å². The molecule has 7 heteroatoms. The number of carboxylic acid groups (broad SMARTS) is 1. The fourth-order valence-electron chi connectivity index (χ4n) is 5.15. The summed E-state index contributed by atoms with van der Waals surface area (Å²) in [6, 6.07) is 15.1. The molecule has 2 amide bonds. The molecule has 0 bridgehead atoms. The number of carbonyl (C=O) groups is 3. The third-order valence-corrected chi connectivity index (χ3v) is 7.10. The molecule has 3 N–H and O–H groups in total. The number of carboxylic acids is 1. The van der Waals surface area contributed by atoms with Crippen molar-refractivity contribution in [2.75, 3.05) is 13.2 Å². The van der Waals surface area contributed by atoms with Gasteiger partial charge in [0.25, 0.3) is 0 Å². The molecule has 1 saturated carbocycles. The van der Waals surface area contributed by atoms with Crippen molar-refractivity contribution in [2.45, 2.75) is 57.4 Å². The number of amides is 2. The van der Waals surface area contributed by atoms with Crippen molar-refractivity contribution < 1.29 is 24.2 Å². The highest BCUT2D eigenvalue weighted by Crippen LogP contribution is 2.44. The van der Waals surface area contributed by atoms with Gasteiger partial charge in [0.05, 0.1) is 0 Å². The van der Waals surface area contributed by atoms with Crippen molar-refractivity contribution in [1.29, 1.82) is 0 Å². The normalized spacial score (nSPS) is 16.9. The summed E-state index contributed by atoms with van der Waals surface area (Å²) < 4.78 is 5.55. The summed E-state index contributed by atoms with van der Waals surface area (Å²) in [5, 5.41) is 14.6. The Morgan fingerprint density at radius 3 is 2.21 bits per heavy atom. The molecule has 0 aromatic heterocycles. The molecule has 2 aromatic carbocycles. The van der Waals surface area contributed by atoms with Gasteiger partial charge in [0.1, 0.15) is 12.6 Å². The zero-order valence-electron chi connectivity index (χ0n) is 19.5. The van der Waals surface area contributed by atoms with Crippen LogP contribution in [0, 0.1) is 5.41 Å². The van der Waals surface area contributed by atoms with E-state index in [1.807, 2.05) is 36.4 Å². The Hall–Kier alpha value is -3.35. The van der Waals surface area contributed by atoms with Crippen molar-refractivity contribution in [3.05, 3.63) is 59.7 Å².